The molecule has 0 aliphatic carbocycles. The van der Waals surface area contributed by atoms with Crippen molar-refractivity contribution < 1.29 is 9.90 Å². The second-order valence-electron chi connectivity index (χ2n) is 2.72. The highest BCUT2D eigenvalue weighted by Crippen LogP contribution is 1.96. The Morgan fingerprint density at radius 2 is 2.11 bits per heavy atom. The van der Waals surface area contributed by atoms with Crippen LogP contribution in [0.15, 0.2) is 0 Å². The van der Waals surface area contributed by atoms with E-state index < -0.39 is 5.60 Å². The fourth-order valence-corrected chi connectivity index (χ4v) is 0.341. The molecule has 3 nitrogen and oxygen atoms in total. The van der Waals surface area contributed by atoms with Gasteiger partial charge in [0.1, 0.15) is 0 Å². The summed E-state index contributed by atoms with van der Waals surface area (Å²) in [5.74, 6) is -0.114. The summed E-state index contributed by atoms with van der Waals surface area (Å²) in [7, 11) is 0. The second kappa shape index (κ2) is 2.82. The molecular weight excluding hydrogens is 118 g/mol. The van der Waals surface area contributed by atoms with Crippen LogP contribution in [0.1, 0.15) is 20.8 Å². The number of hydrogen-bond acceptors (Lipinski definition) is 2. The van der Waals surface area contributed by atoms with E-state index in [1.807, 2.05) is 0 Å². The molecule has 54 valence electrons. The summed E-state index contributed by atoms with van der Waals surface area (Å²) in [5.41, 5.74) is -0.800. The molecule has 0 aliphatic heterocycles. The second-order valence-corrected chi connectivity index (χ2v) is 2.72. The van der Waals surface area contributed by atoms with Gasteiger partial charge in [0.25, 0.3) is 0 Å². The van der Waals surface area contributed by atoms with Gasteiger partial charge in [-0.05, 0) is 13.8 Å². The minimum absolute atomic E-state index is 0.114. The molecule has 0 radical (unpaired) electrons. The number of carbonyl (C=O) groups is 1. The third-order valence-corrected chi connectivity index (χ3v) is 0.770. The summed E-state index contributed by atoms with van der Waals surface area (Å²) in [5, 5.41) is 11.5. The molecule has 0 heterocycles. The zero-order valence-corrected chi connectivity index (χ0v) is 6.06. The Morgan fingerprint density at radius 1 is 1.67 bits per heavy atom. The molecule has 0 spiro atoms. The molecule has 0 aromatic heterocycles. The van der Waals surface area contributed by atoms with Crippen molar-refractivity contribution in [1.82, 2.24) is 5.32 Å². The van der Waals surface area contributed by atoms with E-state index in [9.17, 15) is 4.79 Å². The predicted octanol–water partition coefficient (Wildman–Crippen LogP) is -0.107. The van der Waals surface area contributed by atoms with Crippen molar-refractivity contribution in [3.05, 3.63) is 0 Å². The van der Waals surface area contributed by atoms with Gasteiger partial charge in [-0.15, -0.1) is 0 Å². The maximum Gasteiger partial charge on any atom is 0.216 e. The summed E-state index contributed by atoms with van der Waals surface area (Å²) in [6.45, 7) is 5.01. The number of aliphatic hydroxyl groups is 1. The lowest BCUT2D eigenvalue weighted by Gasteiger charge is -2.16. The maximum absolute atomic E-state index is 10.3. The predicted molar refractivity (Wildman–Crippen MR) is 35.0 cm³/mol. The highest BCUT2D eigenvalue weighted by molar-refractivity contribution is 5.72. The SMILES string of the molecule is CC(=O)NCC(C)(C)O. The fourth-order valence-electron chi connectivity index (χ4n) is 0.341. The monoisotopic (exact) mass is 131 g/mol. The molecular formula is C6H13NO2. The zero-order chi connectivity index (χ0) is 7.49. The first-order valence-corrected chi connectivity index (χ1v) is 2.88. The van der Waals surface area contributed by atoms with Gasteiger partial charge in [0.2, 0.25) is 5.91 Å². The van der Waals surface area contributed by atoms with E-state index in [2.05, 4.69) is 5.32 Å². The highest BCUT2D eigenvalue weighted by Gasteiger charge is 2.11. The van der Waals surface area contributed by atoms with Crippen LogP contribution in [0, 0.1) is 0 Å². The molecule has 0 aromatic carbocycles. The van der Waals surface area contributed by atoms with Gasteiger partial charge in [0.05, 0.1) is 5.60 Å². The summed E-state index contributed by atoms with van der Waals surface area (Å²) in [4.78, 5) is 10.3. The fraction of sp³-hybridized carbons (Fsp3) is 0.833. The van der Waals surface area contributed by atoms with Crippen LogP contribution < -0.4 is 5.32 Å². The third kappa shape index (κ3) is 7.43. The number of rotatable bonds is 2. The Balaban J connectivity index is 3.39. The van der Waals surface area contributed by atoms with E-state index in [-0.39, 0.29) is 5.91 Å². The van der Waals surface area contributed by atoms with E-state index in [1.165, 1.54) is 6.92 Å². The Labute approximate surface area is 55.1 Å². The van der Waals surface area contributed by atoms with E-state index >= 15 is 0 Å². The molecule has 0 unspecified atom stereocenters. The first kappa shape index (κ1) is 8.43. The number of amides is 1. The van der Waals surface area contributed by atoms with Gasteiger partial charge in [-0.25, -0.2) is 0 Å². The van der Waals surface area contributed by atoms with Gasteiger partial charge in [0, 0.05) is 13.5 Å². The minimum Gasteiger partial charge on any atom is -0.389 e. The smallest absolute Gasteiger partial charge is 0.216 e. The quantitative estimate of drug-likeness (QED) is 0.549. The molecule has 0 rings (SSSR count). The topological polar surface area (TPSA) is 49.3 Å². The lowest BCUT2D eigenvalue weighted by Crippen LogP contribution is -2.36. The molecule has 3 heteroatoms. The van der Waals surface area contributed by atoms with E-state index in [0.29, 0.717) is 6.54 Å². The number of carbonyl (C=O) groups excluding carboxylic acids is 1. The lowest BCUT2D eigenvalue weighted by atomic mass is 10.1. The Kier molecular flexibility index (Phi) is 2.65. The zero-order valence-electron chi connectivity index (χ0n) is 6.06. The Bertz CT molecular complexity index is 104. The average Bonchev–Trinajstić information content (AvgIpc) is 1.59. The standard InChI is InChI=1S/C6H13NO2/c1-5(8)7-4-6(2,3)9/h9H,4H2,1-3H3,(H,7,8). The van der Waals surface area contributed by atoms with Crippen LogP contribution in [0.5, 0.6) is 0 Å². The molecule has 0 bridgehead atoms. The van der Waals surface area contributed by atoms with Crippen LogP contribution in [-0.4, -0.2) is 23.2 Å². The van der Waals surface area contributed by atoms with Gasteiger partial charge in [-0.3, -0.25) is 4.79 Å². The van der Waals surface area contributed by atoms with Crippen LogP contribution in [0.25, 0.3) is 0 Å². The van der Waals surface area contributed by atoms with E-state index in [0.717, 1.165) is 0 Å². The maximum atomic E-state index is 10.3. The molecule has 0 saturated heterocycles. The van der Waals surface area contributed by atoms with E-state index in [4.69, 9.17) is 5.11 Å². The normalized spacial score (nSPS) is 11.1. The van der Waals surface area contributed by atoms with Crippen LogP contribution in [0.3, 0.4) is 0 Å². The van der Waals surface area contributed by atoms with Crippen molar-refractivity contribution in [3.8, 4) is 0 Å². The number of hydrogen-bond donors (Lipinski definition) is 2. The van der Waals surface area contributed by atoms with Crippen LogP contribution in [-0.2, 0) is 4.79 Å². The number of nitrogens with one attached hydrogen (secondary N) is 1. The van der Waals surface area contributed by atoms with Gasteiger partial charge >= 0.3 is 0 Å². The van der Waals surface area contributed by atoms with Gasteiger partial charge in [-0.2, -0.15) is 0 Å². The highest BCUT2D eigenvalue weighted by atomic mass is 16.3. The molecule has 0 aromatic rings. The van der Waals surface area contributed by atoms with Gasteiger partial charge in [0.15, 0.2) is 0 Å². The summed E-state index contributed by atoms with van der Waals surface area (Å²) in [6, 6.07) is 0. The summed E-state index contributed by atoms with van der Waals surface area (Å²) in [6.07, 6.45) is 0. The molecule has 0 atom stereocenters. The van der Waals surface area contributed by atoms with Crippen molar-refractivity contribution >= 4 is 5.91 Å². The Morgan fingerprint density at radius 3 is 2.22 bits per heavy atom. The molecule has 2 N–H and O–H groups in total. The van der Waals surface area contributed by atoms with Crippen molar-refractivity contribution in [2.24, 2.45) is 0 Å². The average molecular weight is 131 g/mol. The van der Waals surface area contributed by atoms with Crippen LogP contribution >= 0.6 is 0 Å². The van der Waals surface area contributed by atoms with Crippen LogP contribution in [0.2, 0.25) is 0 Å². The van der Waals surface area contributed by atoms with Crippen molar-refractivity contribution in [2.75, 3.05) is 6.54 Å². The molecule has 9 heavy (non-hydrogen) atoms. The molecule has 1 amide bonds. The lowest BCUT2D eigenvalue weighted by molar-refractivity contribution is -0.119. The Hall–Kier alpha value is -0.570. The van der Waals surface area contributed by atoms with Crippen molar-refractivity contribution in [2.45, 2.75) is 26.4 Å². The van der Waals surface area contributed by atoms with Crippen LogP contribution in [0.4, 0.5) is 0 Å². The van der Waals surface area contributed by atoms with Crippen molar-refractivity contribution in [1.29, 1.82) is 0 Å². The van der Waals surface area contributed by atoms with Crippen molar-refractivity contribution in [3.63, 3.8) is 0 Å². The first-order valence-electron chi connectivity index (χ1n) is 2.88. The largest absolute Gasteiger partial charge is 0.389 e. The molecule has 0 fully saturated rings. The summed E-state index contributed by atoms with van der Waals surface area (Å²) >= 11 is 0. The van der Waals surface area contributed by atoms with Gasteiger partial charge < -0.3 is 10.4 Å². The summed E-state index contributed by atoms with van der Waals surface area (Å²) < 4.78 is 0. The minimum atomic E-state index is -0.800. The first-order chi connectivity index (χ1) is 3.92. The third-order valence-electron chi connectivity index (χ3n) is 0.770. The molecule has 0 saturated carbocycles. The molecule has 0 aliphatic rings. The van der Waals surface area contributed by atoms with Gasteiger partial charge in [-0.1, -0.05) is 0 Å². The van der Waals surface area contributed by atoms with E-state index in [1.54, 1.807) is 13.8 Å².